The van der Waals surface area contributed by atoms with Gasteiger partial charge >= 0.3 is 6.09 Å². The molecule has 3 aliphatic rings. The van der Waals surface area contributed by atoms with E-state index in [1.54, 1.807) is 6.42 Å². The van der Waals surface area contributed by atoms with Gasteiger partial charge in [0.25, 0.3) is 0 Å². The first-order valence-corrected chi connectivity index (χ1v) is 20.9. The fraction of sp³-hybridized carbons (Fsp3) is 0.478. The van der Waals surface area contributed by atoms with Gasteiger partial charge in [-0.05, 0) is 109 Å². The smallest absolute Gasteiger partial charge is 0.407 e. The molecule has 12 nitrogen and oxygen atoms in total. The Morgan fingerprint density at radius 2 is 1.29 bits per heavy atom. The second-order valence-corrected chi connectivity index (χ2v) is 18.6. The highest BCUT2D eigenvalue weighted by atomic mass is 19.1. The maximum Gasteiger partial charge on any atom is 0.407 e. The molecule has 3 aliphatic heterocycles. The van der Waals surface area contributed by atoms with Crippen molar-refractivity contribution in [2.45, 2.75) is 110 Å². The van der Waals surface area contributed by atoms with Crippen LogP contribution < -0.4 is 10.2 Å². The number of benzene rings is 3. The Morgan fingerprint density at radius 3 is 1.80 bits per heavy atom. The average molecular weight is 804 g/mol. The molecule has 2 aromatic heterocycles. The molecule has 0 spiro atoms. The Bertz CT molecular complexity index is 2360. The van der Waals surface area contributed by atoms with E-state index in [0.717, 1.165) is 89.1 Å². The van der Waals surface area contributed by atoms with Crippen LogP contribution in [0.25, 0.3) is 22.1 Å². The number of aromatic nitrogens is 4. The predicted molar refractivity (Wildman–Crippen MR) is 226 cm³/mol. The van der Waals surface area contributed by atoms with E-state index in [1.807, 2.05) is 63.5 Å². The minimum Gasteiger partial charge on any atom is -0.453 e. The number of imidazole rings is 2. The number of alkyl carbamates (subject to hydrolysis) is 1. The number of hydrogen-bond donors (Lipinski definition) is 3. The zero-order chi connectivity index (χ0) is 41.8. The number of nitrogens with zero attached hydrogens (tertiary/aromatic N) is 5. The number of likely N-dealkylation sites (tertiary alicyclic amines) is 2. The van der Waals surface area contributed by atoms with Crippen LogP contribution in [-0.2, 0) is 14.3 Å². The number of H-pyrrole nitrogens is 2. The Labute approximate surface area is 345 Å². The first-order valence-electron chi connectivity index (χ1n) is 20.9. The van der Waals surface area contributed by atoms with Gasteiger partial charge in [-0.15, -0.1) is 0 Å². The lowest BCUT2D eigenvalue weighted by atomic mass is 9.85. The molecule has 0 unspecified atom stereocenters. The maximum absolute atomic E-state index is 14.3. The van der Waals surface area contributed by atoms with Crippen LogP contribution in [0.1, 0.15) is 127 Å². The summed E-state index contributed by atoms with van der Waals surface area (Å²) >= 11 is 0. The SMILES string of the molecule is COC(=O)N[C@H](C(=O)N1CCC[C@H]1c1nc2cc([C@@H]3CC[C@@H](c4ccc5[nH]c([C@@H]6CCCN6C(=O)[CH]C(C)(C)C)nc5c4)N3c3ccc(F)cc3)ccc2[nH]1)C(C)(C)C. The zero-order valence-corrected chi connectivity index (χ0v) is 35.1. The molecule has 8 rings (SSSR count). The fourth-order valence-corrected chi connectivity index (χ4v) is 9.33. The van der Waals surface area contributed by atoms with Gasteiger partial charge in [-0.2, -0.15) is 0 Å². The minimum atomic E-state index is -0.763. The highest BCUT2D eigenvalue weighted by molar-refractivity contribution is 5.88. The van der Waals surface area contributed by atoms with Gasteiger partial charge in [0.15, 0.2) is 0 Å². The van der Waals surface area contributed by atoms with Crippen molar-refractivity contribution >= 4 is 45.7 Å². The molecule has 13 heteroatoms. The molecule has 5 heterocycles. The number of rotatable bonds is 8. The molecule has 1 radical (unpaired) electrons. The Balaban J connectivity index is 1.07. The summed E-state index contributed by atoms with van der Waals surface area (Å²) in [6, 6.07) is 18.3. The third-order valence-corrected chi connectivity index (χ3v) is 12.2. The summed E-state index contributed by atoms with van der Waals surface area (Å²) in [5.74, 6) is 1.14. The van der Waals surface area contributed by atoms with Crippen molar-refractivity contribution in [1.29, 1.82) is 0 Å². The van der Waals surface area contributed by atoms with Crippen molar-refractivity contribution in [2.24, 2.45) is 10.8 Å². The molecule has 3 saturated heterocycles. The van der Waals surface area contributed by atoms with Crippen molar-refractivity contribution in [3.63, 3.8) is 0 Å². The van der Waals surface area contributed by atoms with Gasteiger partial charge in [-0.3, -0.25) is 9.59 Å². The normalized spacial score (nSPS) is 21.8. The lowest BCUT2D eigenvalue weighted by molar-refractivity contribution is -0.137. The largest absolute Gasteiger partial charge is 0.453 e. The number of hydrogen-bond acceptors (Lipinski definition) is 7. The van der Waals surface area contributed by atoms with Crippen molar-refractivity contribution < 1.29 is 23.5 Å². The molecule has 5 aromatic rings. The van der Waals surface area contributed by atoms with E-state index < -0.39 is 17.6 Å². The third-order valence-electron chi connectivity index (χ3n) is 12.2. The Kier molecular flexibility index (Phi) is 10.7. The van der Waals surface area contributed by atoms with E-state index in [2.05, 4.69) is 56.6 Å². The van der Waals surface area contributed by atoms with Crippen LogP contribution in [-0.4, -0.2) is 73.9 Å². The van der Waals surface area contributed by atoms with Gasteiger partial charge in [0.1, 0.15) is 23.5 Å². The van der Waals surface area contributed by atoms with Gasteiger partial charge in [-0.1, -0.05) is 53.7 Å². The van der Waals surface area contributed by atoms with Crippen molar-refractivity contribution in [1.82, 2.24) is 35.1 Å². The molecule has 0 aliphatic carbocycles. The summed E-state index contributed by atoms with van der Waals surface area (Å²) in [7, 11) is 1.30. The Morgan fingerprint density at radius 1 is 0.763 bits per heavy atom. The molecule has 3 amide bonds. The molecule has 3 N–H and O–H groups in total. The molecular weight excluding hydrogens is 748 g/mol. The van der Waals surface area contributed by atoms with E-state index in [-0.39, 0.29) is 47.2 Å². The number of anilines is 1. The summed E-state index contributed by atoms with van der Waals surface area (Å²) in [6.45, 7) is 13.2. The fourth-order valence-electron chi connectivity index (χ4n) is 9.33. The monoisotopic (exact) mass is 803 g/mol. The van der Waals surface area contributed by atoms with Crippen LogP contribution in [0.2, 0.25) is 0 Å². The highest BCUT2D eigenvalue weighted by Gasteiger charge is 2.42. The van der Waals surface area contributed by atoms with E-state index >= 15 is 0 Å². The summed E-state index contributed by atoms with van der Waals surface area (Å²) < 4.78 is 19.2. The molecule has 59 heavy (non-hydrogen) atoms. The molecule has 0 bridgehead atoms. The number of methoxy groups -OCH3 is 1. The second kappa shape index (κ2) is 15.6. The van der Waals surface area contributed by atoms with Gasteiger partial charge in [0.05, 0.1) is 59.8 Å². The lowest BCUT2D eigenvalue weighted by Crippen LogP contribution is -2.54. The quantitative estimate of drug-likeness (QED) is 0.142. The number of nitrogens with one attached hydrogen (secondary N) is 3. The average Bonchev–Trinajstić information content (AvgIpc) is 4.03. The zero-order valence-electron chi connectivity index (χ0n) is 35.1. The Hall–Kier alpha value is -5.46. The van der Waals surface area contributed by atoms with Crippen LogP contribution in [0, 0.1) is 23.1 Å². The van der Waals surface area contributed by atoms with Crippen LogP contribution in [0.3, 0.4) is 0 Å². The lowest BCUT2D eigenvalue weighted by Gasteiger charge is -2.34. The molecule has 5 atom stereocenters. The number of carbonyl (C=O) groups is 3. The third kappa shape index (κ3) is 8.12. The van der Waals surface area contributed by atoms with Gasteiger partial charge in [-0.25, -0.2) is 19.2 Å². The number of carbonyl (C=O) groups excluding carboxylic acids is 3. The summed E-state index contributed by atoms with van der Waals surface area (Å²) in [5, 5.41) is 2.76. The van der Waals surface area contributed by atoms with E-state index in [0.29, 0.717) is 13.1 Å². The summed E-state index contributed by atoms with van der Waals surface area (Å²) in [6.07, 6.45) is 6.28. The number of ether oxygens (including phenoxy) is 1. The van der Waals surface area contributed by atoms with Gasteiger partial charge < -0.3 is 34.7 Å². The van der Waals surface area contributed by atoms with Crippen molar-refractivity contribution in [3.8, 4) is 0 Å². The van der Waals surface area contributed by atoms with Gasteiger partial charge in [0.2, 0.25) is 11.8 Å². The second-order valence-electron chi connectivity index (χ2n) is 18.6. The number of aromatic amines is 2. The van der Waals surface area contributed by atoms with Crippen molar-refractivity contribution in [3.05, 3.63) is 95.7 Å². The first kappa shape index (κ1) is 40.3. The minimum absolute atomic E-state index is 0.00110. The predicted octanol–water partition coefficient (Wildman–Crippen LogP) is 9.01. The highest BCUT2D eigenvalue weighted by Crippen LogP contribution is 2.48. The summed E-state index contributed by atoms with van der Waals surface area (Å²) in [5.41, 5.74) is 5.87. The summed E-state index contributed by atoms with van der Waals surface area (Å²) in [4.78, 5) is 62.8. The number of amides is 3. The van der Waals surface area contributed by atoms with E-state index in [9.17, 15) is 18.8 Å². The topological polar surface area (TPSA) is 140 Å². The van der Waals surface area contributed by atoms with E-state index in [1.165, 1.54) is 19.2 Å². The first-order chi connectivity index (χ1) is 28.1. The van der Waals surface area contributed by atoms with Crippen LogP contribution in [0.15, 0.2) is 60.7 Å². The van der Waals surface area contributed by atoms with E-state index in [4.69, 9.17) is 14.7 Å². The number of halogens is 1. The van der Waals surface area contributed by atoms with Crippen molar-refractivity contribution in [2.75, 3.05) is 25.1 Å². The standard InChI is InChI=1S/C46H56FN8O4/c1-45(2,3)26-39(56)53-22-8-10-37(53)41-48-31-18-12-27(24-33(31)50-41)35-20-21-36(55(35)30-16-14-29(47)15-17-30)28-13-19-32-34(25-28)51-42(49-32)38-11-9-23-54(38)43(57)40(46(4,5)6)52-44(58)59-7/h12-19,24-26,35-38,40H,8-11,20-23H2,1-7H3,(H,48,50)(H,49,51)(H,52,58)/t35-,36-,37-,38-,40+/m0/s1. The molecule has 3 fully saturated rings. The maximum atomic E-state index is 14.3. The van der Waals surface area contributed by atoms with Crippen LogP contribution in [0.5, 0.6) is 0 Å². The van der Waals surface area contributed by atoms with Gasteiger partial charge in [0, 0.05) is 18.8 Å². The molecule has 0 saturated carbocycles. The molecular formula is C46H56FN8O4. The number of fused-ring (bicyclic) bond motifs is 2. The molecule has 311 valence electrons. The van der Waals surface area contributed by atoms with Crippen LogP contribution in [0.4, 0.5) is 14.9 Å². The van der Waals surface area contributed by atoms with Crippen LogP contribution >= 0.6 is 0 Å². The molecule has 3 aromatic carbocycles.